The Morgan fingerprint density at radius 2 is 2.12 bits per heavy atom. The first-order chi connectivity index (χ1) is 7.83. The number of pyridine rings is 1. The summed E-state index contributed by atoms with van der Waals surface area (Å²) in [4.78, 5) is 3.93. The minimum atomic E-state index is -0.210. The van der Waals surface area contributed by atoms with Crippen molar-refractivity contribution in [1.29, 1.82) is 0 Å². The van der Waals surface area contributed by atoms with Gasteiger partial charge in [-0.3, -0.25) is 4.98 Å². The van der Waals surface area contributed by atoms with Gasteiger partial charge in [0.05, 0.1) is 6.20 Å². The Morgan fingerprint density at radius 3 is 2.75 bits per heavy atom. The van der Waals surface area contributed by atoms with E-state index in [1.165, 1.54) is 31.9 Å². The molecular weight excluding hydrogens is 203 g/mol. The SMILES string of the molecule is Fc1cncc(C2CCC2CNC2CC2)c1. The van der Waals surface area contributed by atoms with Gasteiger partial charge in [-0.05, 0) is 55.7 Å². The quantitative estimate of drug-likeness (QED) is 0.843. The van der Waals surface area contributed by atoms with Crippen molar-refractivity contribution in [2.24, 2.45) is 5.92 Å². The summed E-state index contributed by atoms with van der Waals surface area (Å²) in [6.07, 6.45) is 8.21. The summed E-state index contributed by atoms with van der Waals surface area (Å²) in [5.74, 6) is 0.997. The van der Waals surface area contributed by atoms with Gasteiger partial charge in [-0.25, -0.2) is 4.39 Å². The Labute approximate surface area is 95.3 Å². The molecule has 86 valence electrons. The number of hydrogen-bond donors (Lipinski definition) is 1. The van der Waals surface area contributed by atoms with Crippen molar-refractivity contribution in [3.63, 3.8) is 0 Å². The first-order valence-electron chi connectivity index (χ1n) is 6.17. The molecule has 1 heterocycles. The van der Waals surface area contributed by atoms with E-state index >= 15 is 0 Å². The molecule has 0 radical (unpaired) electrons. The van der Waals surface area contributed by atoms with Crippen molar-refractivity contribution in [1.82, 2.24) is 10.3 Å². The monoisotopic (exact) mass is 220 g/mol. The van der Waals surface area contributed by atoms with Crippen LogP contribution >= 0.6 is 0 Å². The average Bonchev–Trinajstić information content (AvgIpc) is 3.00. The predicted molar refractivity (Wildman–Crippen MR) is 60.7 cm³/mol. The third-order valence-electron chi connectivity index (χ3n) is 3.82. The smallest absolute Gasteiger partial charge is 0.141 e. The van der Waals surface area contributed by atoms with Crippen molar-refractivity contribution in [3.8, 4) is 0 Å². The van der Waals surface area contributed by atoms with Gasteiger partial charge in [0.1, 0.15) is 5.82 Å². The summed E-state index contributed by atoms with van der Waals surface area (Å²) in [7, 11) is 0. The molecule has 0 bridgehead atoms. The third kappa shape index (κ3) is 2.09. The van der Waals surface area contributed by atoms with Crippen LogP contribution in [0.3, 0.4) is 0 Å². The van der Waals surface area contributed by atoms with Gasteiger partial charge in [0.25, 0.3) is 0 Å². The Hall–Kier alpha value is -0.960. The Kier molecular flexibility index (Phi) is 2.64. The van der Waals surface area contributed by atoms with Gasteiger partial charge in [0.2, 0.25) is 0 Å². The number of rotatable bonds is 4. The lowest BCUT2D eigenvalue weighted by Crippen LogP contribution is -2.34. The first-order valence-corrected chi connectivity index (χ1v) is 6.17. The van der Waals surface area contributed by atoms with Crippen molar-refractivity contribution >= 4 is 0 Å². The van der Waals surface area contributed by atoms with Crippen molar-refractivity contribution in [2.75, 3.05) is 6.54 Å². The Bertz CT molecular complexity index is 376. The highest BCUT2D eigenvalue weighted by Gasteiger charge is 2.33. The van der Waals surface area contributed by atoms with Crippen molar-refractivity contribution in [2.45, 2.75) is 37.6 Å². The van der Waals surface area contributed by atoms with E-state index in [-0.39, 0.29) is 5.82 Å². The molecule has 2 fully saturated rings. The van der Waals surface area contributed by atoms with Crippen molar-refractivity contribution in [3.05, 3.63) is 29.8 Å². The molecule has 2 aliphatic carbocycles. The maximum atomic E-state index is 13.1. The van der Waals surface area contributed by atoms with Crippen LogP contribution in [-0.4, -0.2) is 17.6 Å². The van der Waals surface area contributed by atoms with Crippen LogP contribution in [0.15, 0.2) is 18.5 Å². The molecule has 1 aromatic heterocycles. The molecule has 0 saturated heterocycles. The lowest BCUT2D eigenvalue weighted by molar-refractivity contribution is 0.244. The third-order valence-corrected chi connectivity index (χ3v) is 3.82. The van der Waals surface area contributed by atoms with Crippen LogP contribution in [-0.2, 0) is 0 Å². The second kappa shape index (κ2) is 4.13. The second-order valence-corrected chi connectivity index (χ2v) is 5.06. The molecule has 3 heteroatoms. The molecule has 2 nitrogen and oxygen atoms in total. The minimum absolute atomic E-state index is 0.210. The van der Waals surface area contributed by atoms with E-state index in [1.807, 2.05) is 6.20 Å². The molecule has 16 heavy (non-hydrogen) atoms. The predicted octanol–water partition coefficient (Wildman–Crippen LogP) is 2.47. The van der Waals surface area contributed by atoms with E-state index < -0.39 is 0 Å². The van der Waals surface area contributed by atoms with Crippen LogP contribution in [0.4, 0.5) is 4.39 Å². The zero-order valence-electron chi connectivity index (χ0n) is 9.32. The highest BCUT2D eigenvalue weighted by Crippen LogP contribution is 2.42. The molecular formula is C13H17FN2. The van der Waals surface area contributed by atoms with E-state index in [0.717, 1.165) is 18.2 Å². The summed E-state index contributed by atoms with van der Waals surface area (Å²) in [6.45, 7) is 1.09. The molecule has 0 aliphatic heterocycles. The lowest BCUT2D eigenvalue weighted by Gasteiger charge is -2.37. The van der Waals surface area contributed by atoms with E-state index in [0.29, 0.717) is 11.8 Å². The van der Waals surface area contributed by atoms with Crippen LogP contribution in [0, 0.1) is 11.7 Å². The molecule has 0 aromatic carbocycles. The van der Waals surface area contributed by atoms with Crippen LogP contribution in [0.5, 0.6) is 0 Å². The average molecular weight is 220 g/mol. The zero-order chi connectivity index (χ0) is 11.0. The minimum Gasteiger partial charge on any atom is -0.314 e. The van der Waals surface area contributed by atoms with Gasteiger partial charge in [-0.1, -0.05) is 0 Å². The fraction of sp³-hybridized carbons (Fsp3) is 0.615. The Balaban J connectivity index is 1.61. The van der Waals surface area contributed by atoms with E-state index in [9.17, 15) is 4.39 Å². The van der Waals surface area contributed by atoms with E-state index in [4.69, 9.17) is 0 Å². The summed E-state index contributed by atoms with van der Waals surface area (Å²) >= 11 is 0. The maximum Gasteiger partial charge on any atom is 0.141 e. The summed E-state index contributed by atoms with van der Waals surface area (Å²) < 4.78 is 13.1. The van der Waals surface area contributed by atoms with E-state index in [1.54, 1.807) is 6.07 Å². The Morgan fingerprint density at radius 1 is 1.25 bits per heavy atom. The van der Waals surface area contributed by atoms with Crippen molar-refractivity contribution < 1.29 is 4.39 Å². The number of halogens is 1. The molecule has 0 spiro atoms. The fourth-order valence-electron chi connectivity index (χ4n) is 2.49. The van der Waals surface area contributed by atoms with Gasteiger partial charge < -0.3 is 5.32 Å². The summed E-state index contributed by atoms with van der Waals surface area (Å²) in [6, 6.07) is 2.41. The largest absolute Gasteiger partial charge is 0.314 e. The molecule has 2 unspecified atom stereocenters. The van der Waals surface area contributed by atoms with Gasteiger partial charge in [0, 0.05) is 12.2 Å². The first kappa shape index (κ1) is 10.2. The number of nitrogens with one attached hydrogen (secondary N) is 1. The normalized spacial score (nSPS) is 28.8. The molecule has 3 rings (SSSR count). The number of aromatic nitrogens is 1. The van der Waals surface area contributed by atoms with Crippen LogP contribution in [0.1, 0.15) is 37.2 Å². The molecule has 2 aliphatic rings. The number of nitrogens with zero attached hydrogens (tertiary/aromatic N) is 1. The van der Waals surface area contributed by atoms with Crippen LogP contribution in [0.25, 0.3) is 0 Å². The van der Waals surface area contributed by atoms with Gasteiger partial charge >= 0.3 is 0 Å². The van der Waals surface area contributed by atoms with Gasteiger partial charge in [-0.15, -0.1) is 0 Å². The molecule has 1 aromatic rings. The molecule has 0 amide bonds. The highest BCUT2D eigenvalue weighted by atomic mass is 19.1. The molecule has 1 N–H and O–H groups in total. The van der Waals surface area contributed by atoms with Crippen LogP contribution < -0.4 is 5.32 Å². The van der Waals surface area contributed by atoms with Crippen LogP contribution in [0.2, 0.25) is 0 Å². The standard InChI is InChI=1S/C13H17FN2/c14-11-5-10(6-15-8-11)13-4-1-9(13)7-16-12-2-3-12/h5-6,8-9,12-13,16H,1-4,7H2. The van der Waals surface area contributed by atoms with Gasteiger partial charge in [-0.2, -0.15) is 0 Å². The molecule has 2 saturated carbocycles. The maximum absolute atomic E-state index is 13.1. The molecule has 2 atom stereocenters. The zero-order valence-corrected chi connectivity index (χ0v) is 9.32. The van der Waals surface area contributed by atoms with Gasteiger partial charge in [0.15, 0.2) is 0 Å². The summed E-state index contributed by atoms with van der Waals surface area (Å²) in [5.41, 5.74) is 1.08. The second-order valence-electron chi connectivity index (χ2n) is 5.06. The number of hydrogen-bond acceptors (Lipinski definition) is 2. The summed E-state index contributed by atoms with van der Waals surface area (Å²) in [5, 5.41) is 3.56. The lowest BCUT2D eigenvalue weighted by atomic mass is 9.70. The van der Waals surface area contributed by atoms with E-state index in [2.05, 4.69) is 10.3 Å². The highest BCUT2D eigenvalue weighted by molar-refractivity contribution is 5.19. The fourth-order valence-corrected chi connectivity index (χ4v) is 2.49. The topological polar surface area (TPSA) is 24.9 Å².